The summed E-state index contributed by atoms with van der Waals surface area (Å²) in [4.78, 5) is 31.3. The highest BCUT2D eigenvalue weighted by atomic mass is 32.1. The van der Waals surface area contributed by atoms with E-state index < -0.39 is 0 Å². The summed E-state index contributed by atoms with van der Waals surface area (Å²) in [6.45, 7) is 0.668. The lowest BCUT2D eigenvalue weighted by molar-refractivity contribution is 0.0958. The van der Waals surface area contributed by atoms with Crippen LogP contribution in [0.4, 0.5) is 10.8 Å². The smallest absolute Gasteiger partial charge is 0.263 e. The van der Waals surface area contributed by atoms with E-state index in [9.17, 15) is 9.59 Å². The zero-order valence-corrected chi connectivity index (χ0v) is 13.9. The molecular formula is C16H18N4O2S. The molecule has 0 saturated heterocycles. The Bertz CT molecular complexity index is 754. The van der Waals surface area contributed by atoms with Crippen molar-refractivity contribution in [3.05, 3.63) is 40.4 Å². The second kappa shape index (κ2) is 6.37. The first-order chi connectivity index (χ1) is 11.0. The van der Waals surface area contributed by atoms with E-state index in [0.717, 1.165) is 24.2 Å². The van der Waals surface area contributed by atoms with E-state index in [1.54, 1.807) is 6.07 Å². The highest BCUT2D eigenvalue weighted by molar-refractivity contribution is 7.17. The number of rotatable bonds is 3. The largest absolute Gasteiger partial charge is 0.378 e. The molecule has 1 aromatic heterocycles. The van der Waals surface area contributed by atoms with Crippen molar-refractivity contribution in [2.24, 2.45) is 0 Å². The number of fused-ring (bicyclic) bond motifs is 1. The van der Waals surface area contributed by atoms with Crippen LogP contribution in [0.5, 0.6) is 0 Å². The number of aryl methyl sites for hydroxylation is 1. The lowest BCUT2D eigenvalue weighted by atomic mass is 10.2. The Morgan fingerprint density at radius 2 is 2.22 bits per heavy atom. The third kappa shape index (κ3) is 3.34. The maximum Gasteiger partial charge on any atom is 0.263 e. The number of nitrogens with one attached hydrogen (secondary N) is 2. The van der Waals surface area contributed by atoms with E-state index >= 15 is 0 Å². The fraction of sp³-hybridized carbons (Fsp3) is 0.312. The molecule has 7 heteroatoms. The van der Waals surface area contributed by atoms with Gasteiger partial charge in [-0.05, 0) is 31.0 Å². The zero-order valence-electron chi connectivity index (χ0n) is 13.0. The molecule has 0 aliphatic carbocycles. The first kappa shape index (κ1) is 15.5. The van der Waals surface area contributed by atoms with Crippen molar-refractivity contribution in [3.63, 3.8) is 0 Å². The van der Waals surface area contributed by atoms with Gasteiger partial charge in [0.05, 0.1) is 5.69 Å². The predicted molar refractivity (Wildman–Crippen MR) is 91.5 cm³/mol. The summed E-state index contributed by atoms with van der Waals surface area (Å²) in [6, 6.07) is 7.36. The van der Waals surface area contributed by atoms with E-state index in [1.807, 2.05) is 37.2 Å². The minimum absolute atomic E-state index is 0.106. The summed E-state index contributed by atoms with van der Waals surface area (Å²) in [7, 11) is 3.85. The summed E-state index contributed by atoms with van der Waals surface area (Å²) in [5, 5.41) is 6.09. The molecular weight excluding hydrogens is 312 g/mol. The van der Waals surface area contributed by atoms with Gasteiger partial charge in [0, 0.05) is 31.9 Å². The van der Waals surface area contributed by atoms with E-state index in [4.69, 9.17) is 0 Å². The number of carbonyl (C=O) groups excluding carboxylic acids is 2. The Morgan fingerprint density at radius 3 is 3.00 bits per heavy atom. The summed E-state index contributed by atoms with van der Waals surface area (Å²) in [5.41, 5.74) is 2.28. The van der Waals surface area contributed by atoms with E-state index in [1.165, 1.54) is 11.3 Å². The van der Waals surface area contributed by atoms with Gasteiger partial charge in [0.1, 0.15) is 4.88 Å². The zero-order chi connectivity index (χ0) is 16.4. The number of benzene rings is 1. The number of thiazole rings is 1. The second-order valence-electron chi connectivity index (χ2n) is 5.55. The summed E-state index contributed by atoms with van der Waals surface area (Å²) in [5.74, 6) is -0.330. The minimum atomic E-state index is -0.224. The fourth-order valence-electron chi connectivity index (χ4n) is 2.38. The summed E-state index contributed by atoms with van der Waals surface area (Å²) in [6.07, 6.45) is 1.61. The third-order valence-electron chi connectivity index (χ3n) is 3.62. The van der Waals surface area contributed by atoms with Gasteiger partial charge in [-0.1, -0.05) is 17.4 Å². The minimum Gasteiger partial charge on any atom is -0.378 e. The summed E-state index contributed by atoms with van der Waals surface area (Å²) >= 11 is 1.22. The van der Waals surface area contributed by atoms with Crippen LogP contribution in [-0.2, 0) is 6.42 Å². The monoisotopic (exact) mass is 330 g/mol. The van der Waals surface area contributed by atoms with Crippen LogP contribution in [0.15, 0.2) is 24.3 Å². The number of anilines is 2. The van der Waals surface area contributed by atoms with Crippen LogP contribution < -0.4 is 15.5 Å². The van der Waals surface area contributed by atoms with Crippen LogP contribution in [0, 0.1) is 0 Å². The molecule has 0 saturated carbocycles. The Hall–Kier alpha value is -2.41. The van der Waals surface area contributed by atoms with Gasteiger partial charge in [-0.3, -0.25) is 14.9 Å². The molecule has 0 atom stereocenters. The molecule has 2 heterocycles. The van der Waals surface area contributed by atoms with Crippen molar-refractivity contribution < 1.29 is 9.59 Å². The van der Waals surface area contributed by atoms with Crippen molar-refractivity contribution >= 4 is 34.0 Å². The fourth-order valence-corrected chi connectivity index (χ4v) is 3.31. The lowest BCUT2D eigenvalue weighted by Crippen LogP contribution is -2.21. The maximum atomic E-state index is 12.4. The molecule has 2 amide bonds. The van der Waals surface area contributed by atoms with E-state index in [0.29, 0.717) is 22.1 Å². The first-order valence-electron chi connectivity index (χ1n) is 7.41. The molecule has 0 fully saturated rings. The van der Waals surface area contributed by atoms with E-state index in [-0.39, 0.29) is 11.8 Å². The van der Waals surface area contributed by atoms with Crippen LogP contribution in [0.3, 0.4) is 0 Å². The molecule has 0 unspecified atom stereocenters. The van der Waals surface area contributed by atoms with Gasteiger partial charge >= 0.3 is 0 Å². The van der Waals surface area contributed by atoms with Crippen LogP contribution in [-0.4, -0.2) is 37.4 Å². The Morgan fingerprint density at radius 1 is 1.39 bits per heavy atom. The van der Waals surface area contributed by atoms with E-state index in [2.05, 4.69) is 15.6 Å². The highest BCUT2D eigenvalue weighted by Gasteiger charge is 2.21. The standard InChI is InChI=1S/C16H18N4O2S/c1-20(2)11-6-3-5-10(9-11)14(21)19-16-18-12-7-4-8-17-15(22)13(12)23-16/h3,5-6,9H,4,7-8H2,1-2H3,(H,17,22)(H,18,19,21). The number of amides is 2. The van der Waals surface area contributed by atoms with Gasteiger partial charge in [0.15, 0.2) is 5.13 Å². The topological polar surface area (TPSA) is 74.3 Å². The quantitative estimate of drug-likeness (QED) is 0.904. The third-order valence-corrected chi connectivity index (χ3v) is 4.64. The number of hydrogen-bond donors (Lipinski definition) is 2. The van der Waals surface area contributed by atoms with Crippen LogP contribution >= 0.6 is 11.3 Å². The maximum absolute atomic E-state index is 12.4. The van der Waals surface area contributed by atoms with Gasteiger partial charge < -0.3 is 10.2 Å². The average Bonchev–Trinajstić information content (AvgIpc) is 2.86. The average molecular weight is 330 g/mol. The predicted octanol–water partition coefficient (Wildman–Crippen LogP) is 2.14. The molecule has 120 valence electrons. The molecule has 0 radical (unpaired) electrons. The first-order valence-corrected chi connectivity index (χ1v) is 8.23. The molecule has 23 heavy (non-hydrogen) atoms. The Balaban J connectivity index is 1.80. The van der Waals surface area contributed by atoms with Gasteiger partial charge in [-0.15, -0.1) is 0 Å². The van der Waals surface area contributed by atoms with Crippen molar-refractivity contribution in [1.82, 2.24) is 10.3 Å². The Labute approximate surface area is 138 Å². The van der Waals surface area contributed by atoms with Gasteiger partial charge in [0.25, 0.3) is 11.8 Å². The Kier molecular flexibility index (Phi) is 4.29. The molecule has 2 N–H and O–H groups in total. The SMILES string of the molecule is CN(C)c1cccc(C(=O)Nc2nc3c(s2)C(=O)NCCC3)c1. The van der Waals surface area contributed by atoms with Gasteiger partial charge in [-0.2, -0.15) is 0 Å². The lowest BCUT2D eigenvalue weighted by Gasteiger charge is -2.13. The van der Waals surface area contributed by atoms with Crippen molar-refractivity contribution in [2.75, 3.05) is 30.9 Å². The highest BCUT2D eigenvalue weighted by Crippen LogP contribution is 2.26. The van der Waals surface area contributed by atoms with Crippen LogP contribution in [0.2, 0.25) is 0 Å². The molecule has 1 aliphatic heterocycles. The molecule has 1 aliphatic rings. The number of carbonyl (C=O) groups is 2. The van der Waals surface area contributed by atoms with Crippen molar-refractivity contribution in [3.8, 4) is 0 Å². The number of aromatic nitrogens is 1. The van der Waals surface area contributed by atoms with Gasteiger partial charge in [0.2, 0.25) is 0 Å². The van der Waals surface area contributed by atoms with Gasteiger partial charge in [-0.25, -0.2) is 4.98 Å². The van der Waals surface area contributed by atoms with Crippen LogP contribution in [0.25, 0.3) is 0 Å². The van der Waals surface area contributed by atoms with Crippen molar-refractivity contribution in [1.29, 1.82) is 0 Å². The molecule has 0 bridgehead atoms. The molecule has 2 aromatic rings. The van der Waals surface area contributed by atoms with Crippen LogP contribution in [0.1, 0.15) is 32.1 Å². The molecule has 6 nitrogen and oxygen atoms in total. The number of nitrogens with zero attached hydrogens (tertiary/aromatic N) is 2. The normalized spacial score (nSPS) is 13.7. The molecule has 1 aromatic carbocycles. The second-order valence-corrected chi connectivity index (χ2v) is 6.55. The molecule has 3 rings (SSSR count). The van der Waals surface area contributed by atoms with Crippen molar-refractivity contribution in [2.45, 2.75) is 12.8 Å². The summed E-state index contributed by atoms with van der Waals surface area (Å²) < 4.78 is 0. The number of hydrogen-bond acceptors (Lipinski definition) is 5. The molecule has 0 spiro atoms.